The van der Waals surface area contributed by atoms with Gasteiger partial charge in [0.05, 0.1) is 0 Å². The number of nitrogens with zero attached hydrogens (tertiary/aromatic N) is 2. The molecule has 1 atom stereocenters. The Morgan fingerprint density at radius 1 is 1.53 bits per heavy atom. The Hall–Kier alpha value is -0.890. The van der Waals surface area contributed by atoms with Gasteiger partial charge in [0.15, 0.2) is 0 Å². The SMILES string of the molecule is Cc1cc(CC2CCCN(C)C2)ccn1. The average Bonchev–Trinajstić information content (AvgIpc) is 2.17. The zero-order valence-electron chi connectivity index (χ0n) is 9.74. The molecule has 15 heavy (non-hydrogen) atoms. The molecule has 1 aliphatic heterocycles. The molecule has 0 aromatic carbocycles. The van der Waals surface area contributed by atoms with Gasteiger partial charge in [-0.15, -0.1) is 0 Å². The lowest BCUT2D eigenvalue weighted by atomic mass is 9.92. The number of hydrogen-bond donors (Lipinski definition) is 0. The van der Waals surface area contributed by atoms with Crippen molar-refractivity contribution in [3.05, 3.63) is 29.6 Å². The zero-order chi connectivity index (χ0) is 10.7. The molecule has 0 aliphatic carbocycles. The molecule has 1 aliphatic rings. The highest BCUT2D eigenvalue weighted by Crippen LogP contribution is 2.19. The number of hydrogen-bond acceptors (Lipinski definition) is 2. The number of aromatic nitrogens is 1. The van der Waals surface area contributed by atoms with Crippen LogP contribution in [0, 0.1) is 12.8 Å². The van der Waals surface area contributed by atoms with Crippen molar-refractivity contribution in [2.75, 3.05) is 20.1 Å². The van der Waals surface area contributed by atoms with Gasteiger partial charge in [-0.25, -0.2) is 0 Å². The lowest BCUT2D eigenvalue weighted by molar-refractivity contribution is 0.209. The molecular formula is C13H20N2. The van der Waals surface area contributed by atoms with Crippen LogP contribution in [0.4, 0.5) is 0 Å². The van der Waals surface area contributed by atoms with E-state index in [2.05, 4.69) is 36.0 Å². The van der Waals surface area contributed by atoms with Crippen LogP contribution in [0.5, 0.6) is 0 Å². The fraction of sp³-hybridized carbons (Fsp3) is 0.615. The Balaban J connectivity index is 1.96. The van der Waals surface area contributed by atoms with Crippen LogP contribution in [0.25, 0.3) is 0 Å². The molecule has 1 saturated heterocycles. The first kappa shape index (κ1) is 10.6. The predicted octanol–water partition coefficient (Wildman–Crippen LogP) is 2.27. The van der Waals surface area contributed by atoms with E-state index in [4.69, 9.17) is 0 Å². The summed E-state index contributed by atoms with van der Waals surface area (Å²) in [4.78, 5) is 6.68. The molecule has 1 unspecified atom stereocenters. The molecule has 82 valence electrons. The van der Waals surface area contributed by atoms with Gasteiger partial charge < -0.3 is 4.90 Å². The van der Waals surface area contributed by atoms with Gasteiger partial charge in [0, 0.05) is 18.4 Å². The molecule has 0 amide bonds. The van der Waals surface area contributed by atoms with Crippen LogP contribution in [-0.2, 0) is 6.42 Å². The van der Waals surface area contributed by atoms with E-state index in [1.165, 1.54) is 37.9 Å². The summed E-state index contributed by atoms with van der Waals surface area (Å²) >= 11 is 0. The first-order valence-electron chi connectivity index (χ1n) is 5.84. The van der Waals surface area contributed by atoms with Crippen LogP contribution >= 0.6 is 0 Å². The number of piperidine rings is 1. The normalized spacial score (nSPS) is 22.9. The Bertz CT molecular complexity index is 322. The second kappa shape index (κ2) is 4.75. The summed E-state index contributed by atoms with van der Waals surface area (Å²) in [5, 5.41) is 0. The lowest BCUT2D eigenvalue weighted by Gasteiger charge is -2.29. The molecule has 1 fully saturated rings. The second-order valence-electron chi connectivity index (χ2n) is 4.78. The van der Waals surface area contributed by atoms with E-state index in [0.29, 0.717) is 0 Å². The van der Waals surface area contributed by atoms with Gasteiger partial charge in [0.1, 0.15) is 0 Å². The highest BCUT2D eigenvalue weighted by atomic mass is 15.1. The number of likely N-dealkylation sites (tertiary alicyclic amines) is 1. The summed E-state index contributed by atoms with van der Waals surface area (Å²) in [5.41, 5.74) is 2.58. The van der Waals surface area contributed by atoms with Crippen molar-refractivity contribution < 1.29 is 0 Å². The molecule has 0 N–H and O–H groups in total. The molecule has 2 rings (SSSR count). The van der Waals surface area contributed by atoms with Gasteiger partial charge in [-0.3, -0.25) is 4.98 Å². The molecule has 0 spiro atoms. The Morgan fingerprint density at radius 3 is 3.13 bits per heavy atom. The third-order valence-electron chi connectivity index (χ3n) is 3.21. The summed E-state index contributed by atoms with van der Waals surface area (Å²) in [6, 6.07) is 4.37. The maximum Gasteiger partial charge on any atom is 0.0375 e. The molecule has 2 heterocycles. The number of aryl methyl sites for hydroxylation is 1. The number of rotatable bonds is 2. The maximum absolute atomic E-state index is 4.24. The fourth-order valence-corrected chi connectivity index (χ4v) is 2.50. The first-order chi connectivity index (χ1) is 7.24. The topological polar surface area (TPSA) is 16.1 Å². The summed E-state index contributed by atoms with van der Waals surface area (Å²) in [5.74, 6) is 0.838. The van der Waals surface area contributed by atoms with E-state index in [1.807, 2.05) is 6.20 Å². The van der Waals surface area contributed by atoms with Crippen molar-refractivity contribution in [2.24, 2.45) is 5.92 Å². The zero-order valence-corrected chi connectivity index (χ0v) is 9.74. The Kier molecular flexibility index (Phi) is 3.37. The molecule has 0 radical (unpaired) electrons. The van der Waals surface area contributed by atoms with Gasteiger partial charge in [0.25, 0.3) is 0 Å². The first-order valence-corrected chi connectivity index (χ1v) is 5.84. The molecule has 2 heteroatoms. The minimum absolute atomic E-state index is 0.838. The van der Waals surface area contributed by atoms with E-state index >= 15 is 0 Å². The standard InChI is InChI=1S/C13H20N2/c1-11-8-12(5-6-14-11)9-13-4-3-7-15(2)10-13/h5-6,8,13H,3-4,7,9-10H2,1-2H3. The lowest BCUT2D eigenvalue weighted by Crippen LogP contribution is -2.32. The van der Waals surface area contributed by atoms with Crippen molar-refractivity contribution >= 4 is 0 Å². The Labute approximate surface area is 92.3 Å². The van der Waals surface area contributed by atoms with Crippen molar-refractivity contribution in [3.8, 4) is 0 Å². The third-order valence-corrected chi connectivity index (χ3v) is 3.21. The largest absolute Gasteiger partial charge is 0.306 e. The van der Waals surface area contributed by atoms with Crippen LogP contribution < -0.4 is 0 Å². The van der Waals surface area contributed by atoms with Crippen molar-refractivity contribution in [1.82, 2.24) is 9.88 Å². The Morgan fingerprint density at radius 2 is 2.40 bits per heavy atom. The maximum atomic E-state index is 4.24. The van der Waals surface area contributed by atoms with Gasteiger partial charge in [-0.05, 0) is 63.4 Å². The van der Waals surface area contributed by atoms with E-state index in [0.717, 1.165) is 11.6 Å². The summed E-state index contributed by atoms with van der Waals surface area (Å²) in [6.45, 7) is 4.59. The summed E-state index contributed by atoms with van der Waals surface area (Å²) in [7, 11) is 2.23. The minimum atomic E-state index is 0.838. The van der Waals surface area contributed by atoms with Gasteiger partial charge in [0.2, 0.25) is 0 Å². The average molecular weight is 204 g/mol. The van der Waals surface area contributed by atoms with E-state index in [-0.39, 0.29) is 0 Å². The van der Waals surface area contributed by atoms with E-state index < -0.39 is 0 Å². The van der Waals surface area contributed by atoms with Crippen molar-refractivity contribution in [2.45, 2.75) is 26.2 Å². The molecule has 0 bridgehead atoms. The van der Waals surface area contributed by atoms with Crippen LogP contribution in [0.15, 0.2) is 18.3 Å². The van der Waals surface area contributed by atoms with Crippen LogP contribution in [0.1, 0.15) is 24.1 Å². The van der Waals surface area contributed by atoms with E-state index in [1.54, 1.807) is 0 Å². The van der Waals surface area contributed by atoms with Crippen molar-refractivity contribution in [1.29, 1.82) is 0 Å². The highest BCUT2D eigenvalue weighted by Gasteiger charge is 2.17. The molecule has 2 nitrogen and oxygen atoms in total. The van der Waals surface area contributed by atoms with Gasteiger partial charge in [-0.2, -0.15) is 0 Å². The smallest absolute Gasteiger partial charge is 0.0375 e. The monoisotopic (exact) mass is 204 g/mol. The van der Waals surface area contributed by atoms with Gasteiger partial charge >= 0.3 is 0 Å². The fourth-order valence-electron chi connectivity index (χ4n) is 2.50. The molecule has 1 aromatic rings. The van der Waals surface area contributed by atoms with Crippen LogP contribution in [0.3, 0.4) is 0 Å². The third kappa shape index (κ3) is 3.03. The van der Waals surface area contributed by atoms with E-state index in [9.17, 15) is 0 Å². The molecule has 1 aromatic heterocycles. The highest BCUT2D eigenvalue weighted by molar-refractivity contribution is 5.16. The second-order valence-corrected chi connectivity index (χ2v) is 4.78. The van der Waals surface area contributed by atoms with Gasteiger partial charge in [-0.1, -0.05) is 0 Å². The van der Waals surface area contributed by atoms with Crippen LogP contribution in [0.2, 0.25) is 0 Å². The summed E-state index contributed by atoms with van der Waals surface area (Å²) in [6.07, 6.45) is 5.88. The predicted molar refractivity (Wildman–Crippen MR) is 62.9 cm³/mol. The molecular weight excluding hydrogens is 184 g/mol. The van der Waals surface area contributed by atoms with Crippen molar-refractivity contribution in [3.63, 3.8) is 0 Å². The molecule has 0 saturated carbocycles. The van der Waals surface area contributed by atoms with Crippen LogP contribution in [-0.4, -0.2) is 30.0 Å². The summed E-state index contributed by atoms with van der Waals surface area (Å²) < 4.78 is 0. The number of pyridine rings is 1. The minimum Gasteiger partial charge on any atom is -0.306 e. The quantitative estimate of drug-likeness (QED) is 0.734.